The van der Waals surface area contributed by atoms with E-state index in [1.165, 1.54) is 18.2 Å². The second-order valence-electron chi connectivity index (χ2n) is 2.87. The van der Waals surface area contributed by atoms with Crippen molar-refractivity contribution in [2.24, 2.45) is 0 Å². The van der Waals surface area contributed by atoms with Crippen LogP contribution in [0.15, 0.2) is 23.1 Å². The van der Waals surface area contributed by atoms with Gasteiger partial charge in [0.2, 0.25) is 10.0 Å². The molecule has 6 heteroatoms. The molecular weight excluding hydrogens is 214 g/mol. The zero-order valence-corrected chi connectivity index (χ0v) is 9.00. The lowest BCUT2D eigenvalue weighted by Crippen LogP contribution is -2.24. The quantitative estimate of drug-likeness (QED) is 0.729. The highest BCUT2D eigenvalue weighted by Crippen LogP contribution is 2.18. The Morgan fingerprint density at radius 2 is 2.20 bits per heavy atom. The summed E-state index contributed by atoms with van der Waals surface area (Å²) in [6.45, 7) is 1.97. The minimum absolute atomic E-state index is 0.00310. The minimum atomic E-state index is -3.55. The van der Waals surface area contributed by atoms with Gasteiger partial charge in [-0.2, -0.15) is 5.26 Å². The Morgan fingerprint density at radius 1 is 1.53 bits per heavy atom. The molecule has 0 heterocycles. The van der Waals surface area contributed by atoms with E-state index in [0.29, 0.717) is 12.1 Å². The zero-order valence-electron chi connectivity index (χ0n) is 8.19. The fraction of sp³-hybridized carbons (Fsp3) is 0.222. The smallest absolute Gasteiger partial charge is 0.242 e. The van der Waals surface area contributed by atoms with Crippen LogP contribution in [0.1, 0.15) is 12.5 Å². The lowest BCUT2D eigenvalue weighted by atomic mass is 10.2. The van der Waals surface area contributed by atoms with Gasteiger partial charge in [0.15, 0.2) is 0 Å². The molecule has 0 saturated heterocycles. The molecule has 0 radical (unpaired) electrons. The van der Waals surface area contributed by atoms with Gasteiger partial charge in [0, 0.05) is 6.54 Å². The van der Waals surface area contributed by atoms with Crippen LogP contribution in [0.3, 0.4) is 0 Å². The van der Waals surface area contributed by atoms with Gasteiger partial charge in [0.05, 0.1) is 17.3 Å². The number of anilines is 1. The number of nitrogens with zero attached hydrogens (tertiary/aromatic N) is 1. The summed E-state index contributed by atoms with van der Waals surface area (Å²) in [7, 11) is -3.55. The largest absolute Gasteiger partial charge is 0.398 e. The van der Waals surface area contributed by atoms with Gasteiger partial charge < -0.3 is 5.73 Å². The lowest BCUT2D eigenvalue weighted by Gasteiger charge is -2.07. The van der Waals surface area contributed by atoms with E-state index in [0.717, 1.165) is 0 Å². The minimum Gasteiger partial charge on any atom is -0.398 e. The highest BCUT2D eigenvalue weighted by molar-refractivity contribution is 7.89. The summed E-state index contributed by atoms with van der Waals surface area (Å²) in [5.41, 5.74) is 5.96. The van der Waals surface area contributed by atoms with Crippen LogP contribution in [-0.2, 0) is 10.0 Å². The van der Waals surface area contributed by atoms with Crippen LogP contribution in [0.4, 0.5) is 5.69 Å². The van der Waals surface area contributed by atoms with Crippen LogP contribution < -0.4 is 10.5 Å². The van der Waals surface area contributed by atoms with Crippen molar-refractivity contribution in [2.75, 3.05) is 12.3 Å². The maximum Gasteiger partial charge on any atom is 0.242 e. The Balaban J connectivity index is 3.24. The van der Waals surface area contributed by atoms with Crippen LogP contribution in [0.25, 0.3) is 0 Å². The molecule has 1 aromatic rings. The Bertz CT molecular complexity index is 503. The van der Waals surface area contributed by atoms with E-state index in [1.807, 2.05) is 6.07 Å². The first-order chi connectivity index (χ1) is 7.01. The standard InChI is InChI=1S/C9H11N3O2S/c1-2-12-15(13,14)9-4-3-7(6-10)5-8(9)11/h3-5,12H,2,11H2,1H3. The molecule has 1 aromatic carbocycles. The summed E-state index contributed by atoms with van der Waals surface area (Å²) in [5, 5.41) is 8.59. The third kappa shape index (κ3) is 2.46. The first-order valence-electron chi connectivity index (χ1n) is 4.30. The number of hydrogen-bond donors (Lipinski definition) is 2. The van der Waals surface area contributed by atoms with E-state index >= 15 is 0 Å². The van der Waals surface area contributed by atoms with Crippen molar-refractivity contribution < 1.29 is 8.42 Å². The van der Waals surface area contributed by atoms with Crippen molar-refractivity contribution in [1.29, 1.82) is 5.26 Å². The highest BCUT2D eigenvalue weighted by Gasteiger charge is 2.15. The van der Waals surface area contributed by atoms with Gasteiger partial charge in [-0.15, -0.1) is 0 Å². The Hall–Kier alpha value is -1.58. The average Bonchev–Trinajstić information content (AvgIpc) is 2.17. The van der Waals surface area contributed by atoms with Gasteiger partial charge >= 0.3 is 0 Å². The SMILES string of the molecule is CCNS(=O)(=O)c1ccc(C#N)cc1N. The molecule has 0 aromatic heterocycles. The first-order valence-corrected chi connectivity index (χ1v) is 5.79. The third-order valence-corrected chi connectivity index (χ3v) is 3.38. The van der Waals surface area contributed by atoms with Gasteiger partial charge in [0.1, 0.15) is 4.90 Å². The predicted octanol–water partition coefficient (Wildman–Crippen LogP) is 0.439. The van der Waals surface area contributed by atoms with E-state index in [4.69, 9.17) is 11.0 Å². The molecule has 80 valence electrons. The van der Waals surface area contributed by atoms with E-state index in [2.05, 4.69) is 4.72 Å². The molecule has 1 rings (SSSR count). The molecule has 5 nitrogen and oxygen atoms in total. The molecular formula is C9H11N3O2S. The average molecular weight is 225 g/mol. The maximum atomic E-state index is 11.6. The molecule has 0 spiro atoms. The molecule has 0 atom stereocenters. The normalized spacial score (nSPS) is 10.9. The summed E-state index contributed by atoms with van der Waals surface area (Å²) in [6.07, 6.45) is 0. The van der Waals surface area contributed by atoms with Gasteiger partial charge in [0.25, 0.3) is 0 Å². The number of rotatable bonds is 3. The Labute approximate surface area is 88.6 Å². The summed E-state index contributed by atoms with van der Waals surface area (Å²) in [5.74, 6) is 0. The van der Waals surface area contributed by atoms with Crippen molar-refractivity contribution >= 4 is 15.7 Å². The number of nitrogen functional groups attached to an aromatic ring is 1. The molecule has 15 heavy (non-hydrogen) atoms. The summed E-state index contributed by atoms with van der Waals surface area (Å²) in [4.78, 5) is 0.00310. The fourth-order valence-electron chi connectivity index (χ4n) is 1.13. The van der Waals surface area contributed by atoms with Gasteiger partial charge in [-0.05, 0) is 18.2 Å². The second kappa shape index (κ2) is 4.29. The number of sulfonamides is 1. The highest BCUT2D eigenvalue weighted by atomic mass is 32.2. The molecule has 3 N–H and O–H groups in total. The van der Waals surface area contributed by atoms with Gasteiger partial charge in [-0.1, -0.05) is 6.92 Å². The Morgan fingerprint density at radius 3 is 2.67 bits per heavy atom. The third-order valence-electron chi connectivity index (χ3n) is 1.76. The number of nitrogens with one attached hydrogen (secondary N) is 1. The van der Waals surface area contributed by atoms with Crippen molar-refractivity contribution in [3.05, 3.63) is 23.8 Å². The second-order valence-corrected chi connectivity index (χ2v) is 4.60. The molecule has 0 fully saturated rings. The van der Waals surface area contributed by atoms with Gasteiger partial charge in [-0.3, -0.25) is 0 Å². The first kappa shape index (κ1) is 11.5. The lowest BCUT2D eigenvalue weighted by molar-refractivity contribution is 0.584. The monoisotopic (exact) mass is 225 g/mol. The summed E-state index contributed by atoms with van der Waals surface area (Å²) in [6, 6.07) is 5.96. The topological polar surface area (TPSA) is 96.0 Å². The van der Waals surface area contributed by atoms with E-state index in [1.54, 1.807) is 6.92 Å². The molecule has 0 aliphatic carbocycles. The molecule has 0 amide bonds. The number of nitriles is 1. The molecule has 0 unspecified atom stereocenters. The molecule has 0 bridgehead atoms. The van der Waals surface area contributed by atoms with Crippen molar-refractivity contribution in [3.8, 4) is 6.07 Å². The molecule has 0 aliphatic rings. The van der Waals surface area contributed by atoms with Crippen LogP contribution >= 0.6 is 0 Å². The van der Waals surface area contributed by atoms with Crippen LogP contribution in [-0.4, -0.2) is 15.0 Å². The summed E-state index contributed by atoms with van der Waals surface area (Å²) < 4.78 is 25.5. The number of nitrogens with two attached hydrogens (primary N) is 1. The van der Waals surface area contributed by atoms with Crippen LogP contribution in [0.2, 0.25) is 0 Å². The van der Waals surface area contributed by atoms with E-state index in [-0.39, 0.29) is 10.6 Å². The van der Waals surface area contributed by atoms with Gasteiger partial charge in [-0.25, -0.2) is 13.1 Å². The molecule has 0 saturated carbocycles. The number of hydrogen-bond acceptors (Lipinski definition) is 4. The zero-order chi connectivity index (χ0) is 11.5. The molecule has 0 aliphatic heterocycles. The summed E-state index contributed by atoms with van der Waals surface area (Å²) >= 11 is 0. The van der Waals surface area contributed by atoms with Crippen molar-refractivity contribution in [1.82, 2.24) is 4.72 Å². The van der Waals surface area contributed by atoms with Crippen molar-refractivity contribution in [3.63, 3.8) is 0 Å². The maximum absolute atomic E-state index is 11.6. The Kier molecular flexibility index (Phi) is 3.29. The van der Waals surface area contributed by atoms with Crippen LogP contribution in [0, 0.1) is 11.3 Å². The fourth-order valence-corrected chi connectivity index (χ4v) is 2.28. The van der Waals surface area contributed by atoms with Crippen LogP contribution in [0.5, 0.6) is 0 Å². The van der Waals surface area contributed by atoms with Crippen molar-refractivity contribution in [2.45, 2.75) is 11.8 Å². The number of benzene rings is 1. The van der Waals surface area contributed by atoms with E-state index < -0.39 is 10.0 Å². The predicted molar refractivity (Wildman–Crippen MR) is 56.4 cm³/mol. The van der Waals surface area contributed by atoms with E-state index in [9.17, 15) is 8.42 Å².